The maximum atomic E-state index is 5.89. The summed E-state index contributed by atoms with van der Waals surface area (Å²) in [6.07, 6.45) is 2.12. The molecule has 2 rings (SSSR count). The van der Waals surface area contributed by atoms with Crippen LogP contribution < -0.4 is 19.5 Å². The first-order chi connectivity index (χ1) is 10.7. The number of benzene rings is 1. The second-order valence-corrected chi connectivity index (χ2v) is 5.66. The van der Waals surface area contributed by atoms with Crippen LogP contribution in [0.3, 0.4) is 0 Å². The molecule has 1 radical (unpaired) electrons. The molecule has 5 nitrogen and oxygen atoms in total. The molecule has 1 fully saturated rings. The summed E-state index contributed by atoms with van der Waals surface area (Å²) in [6, 6.07) is 4.32. The summed E-state index contributed by atoms with van der Waals surface area (Å²) in [5, 5.41) is 3.44. The molecule has 1 aromatic rings. The summed E-state index contributed by atoms with van der Waals surface area (Å²) < 4.78 is 16.6. The van der Waals surface area contributed by atoms with Gasteiger partial charge in [-0.1, -0.05) is 0 Å². The normalized spacial score (nSPS) is 19.0. The van der Waals surface area contributed by atoms with Crippen LogP contribution in [0, 0.1) is 6.92 Å². The van der Waals surface area contributed by atoms with Gasteiger partial charge in [-0.3, -0.25) is 0 Å². The number of ether oxygens (including phenoxy) is 3. The van der Waals surface area contributed by atoms with E-state index in [0.29, 0.717) is 29.9 Å². The molecule has 22 heavy (non-hydrogen) atoms. The molecule has 0 saturated carbocycles. The van der Waals surface area contributed by atoms with Crippen molar-refractivity contribution in [2.75, 3.05) is 47.5 Å². The fraction of sp³-hybridized carbons (Fsp3) is 0.588. The van der Waals surface area contributed by atoms with Gasteiger partial charge in [0.05, 0.1) is 20.8 Å². The van der Waals surface area contributed by atoms with E-state index in [9.17, 15) is 0 Å². The molecule has 1 atom stereocenters. The van der Waals surface area contributed by atoms with Crippen molar-refractivity contribution in [1.82, 2.24) is 10.2 Å². The fourth-order valence-corrected chi connectivity index (χ4v) is 2.78. The van der Waals surface area contributed by atoms with Crippen molar-refractivity contribution >= 4 is 0 Å². The van der Waals surface area contributed by atoms with Gasteiger partial charge >= 0.3 is 0 Å². The van der Waals surface area contributed by atoms with E-state index in [-0.39, 0.29) is 0 Å². The third-order valence-electron chi connectivity index (χ3n) is 4.09. The van der Waals surface area contributed by atoms with E-state index in [4.69, 9.17) is 14.2 Å². The number of rotatable bonds is 7. The highest BCUT2D eigenvalue weighted by Crippen LogP contribution is 2.38. The van der Waals surface area contributed by atoms with E-state index in [2.05, 4.69) is 24.2 Å². The molecular weight excluding hydrogens is 280 g/mol. The van der Waals surface area contributed by atoms with E-state index in [0.717, 1.165) is 38.0 Å². The Bertz CT molecular complexity index is 479. The van der Waals surface area contributed by atoms with Crippen molar-refractivity contribution < 1.29 is 14.2 Å². The Balaban J connectivity index is 1.87. The maximum Gasteiger partial charge on any atom is 0.203 e. The predicted molar refractivity (Wildman–Crippen MR) is 88.0 cm³/mol. The molecule has 0 aliphatic carbocycles. The van der Waals surface area contributed by atoms with Crippen molar-refractivity contribution in [2.45, 2.75) is 18.9 Å². The van der Waals surface area contributed by atoms with E-state index in [1.807, 2.05) is 12.1 Å². The predicted octanol–water partition coefficient (Wildman–Crippen LogP) is 1.95. The Morgan fingerprint density at radius 1 is 1.27 bits per heavy atom. The van der Waals surface area contributed by atoms with Crippen LogP contribution in [0.15, 0.2) is 12.1 Å². The first-order valence-electron chi connectivity index (χ1n) is 7.77. The molecule has 0 spiro atoms. The van der Waals surface area contributed by atoms with Gasteiger partial charge in [-0.2, -0.15) is 0 Å². The van der Waals surface area contributed by atoms with Gasteiger partial charge in [0.15, 0.2) is 11.5 Å². The van der Waals surface area contributed by atoms with Crippen LogP contribution in [0.4, 0.5) is 0 Å². The first kappa shape index (κ1) is 16.9. The lowest BCUT2D eigenvalue weighted by Crippen LogP contribution is -2.49. The minimum atomic E-state index is 0.591. The SMILES string of the molecule is [CH2]c1cc(OC)c(OC)c(OCCCC2CNCCN2C)c1. The molecule has 0 aromatic heterocycles. The van der Waals surface area contributed by atoms with Crippen molar-refractivity contribution in [3.05, 3.63) is 24.6 Å². The van der Waals surface area contributed by atoms with Crippen molar-refractivity contribution in [3.63, 3.8) is 0 Å². The molecular formula is C17H27N2O3. The second-order valence-electron chi connectivity index (χ2n) is 5.66. The van der Waals surface area contributed by atoms with Gasteiger partial charge in [-0.25, -0.2) is 0 Å². The Labute approximate surface area is 133 Å². The van der Waals surface area contributed by atoms with Gasteiger partial charge in [-0.05, 0) is 44.5 Å². The van der Waals surface area contributed by atoms with E-state index >= 15 is 0 Å². The Hall–Kier alpha value is -1.46. The van der Waals surface area contributed by atoms with Gasteiger partial charge in [-0.15, -0.1) is 0 Å². The third kappa shape index (κ3) is 4.27. The molecule has 1 saturated heterocycles. The van der Waals surface area contributed by atoms with E-state index < -0.39 is 0 Å². The van der Waals surface area contributed by atoms with Crippen molar-refractivity contribution in [3.8, 4) is 17.2 Å². The van der Waals surface area contributed by atoms with Crippen molar-refractivity contribution in [2.24, 2.45) is 0 Å². The number of likely N-dealkylation sites (N-methyl/N-ethyl adjacent to an activating group) is 1. The van der Waals surface area contributed by atoms with Crippen LogP contribution in [0.5, 0.6) is 17.2 Å². The van der Waals surface area contributed by atoms with Crippen molar-refractivity contribution in [1.29, 1.82) is 0 Å². The molecule has 1 N–H and O–H groups in total. The van der Waals surface area contributed by atoms with Crippen LogP contribution in [0.25, 0.3) is 0 Å². The topological polar surface area (TPSA) is 43.0 Å². The zero-order valence-electron chi connectivity index (χ0n) is 13.9. The lowest BCUT2D eigenvalue weighted by molar-refractivity contribution is 0.177. The number of hydrogen-bond acceptors (Lipinski definition) is 5. The fourth-order valence-electron chi connectivity index (χ4n) is 2.78. The Kier molecular flexibility index (Phi) is 6.34. The quantitative estimate of drug-likeness (QED) is 0.780. The summed E-state index contributed by atoms with van der Waals surface area (Å²) in [4.78, 5) is 2.41. The smallest absolute Gasteiger partial charge is 0.203 e. The summed E-state index contributed by atoms with van der Waals surface area (Å²) in [7, 11) is 5.43. The van der Waals surface area contributed by atoms with Crippen LogP contribution in [-0.4, -0.2) is 58.5 Å². The lowest BCUT2D eigenvalue weighted by Gasteiger charge is -2.33. The molecule has 1 aliphatic heterocycles. The van der Waals surface area contributed by atoms with Gasteiger partial charge in [0.2, 0.25) is 5.75 Å². The molecule has 1 heterocycles. The molecule has 1 unspecified atom stereocenters. The van der Waals surface area contributed by atoms with Gasteiger partial charge < -0.3 is 24.4 Å². The number of nitrogens with one attached hydrogen (secondary N) is 1. The van der Waals surface area contributed by atoms with Gasteiger partial charge in [0, 0.05) is 25.7 Å². The zero-order valence-corrected chi connectivity index (χ0v) is 13.9. The van der Waals surface area contributed by atoms with Crippen LogP contribution >= 0.6 is 0 Å². The van der Waals surface area contributed by atoms with Gasteiger partial charge in [0.1, 0.15) is 0 Å². The summed E-state index contributed by atoms with van der Waals surface area (Å²) in [5.41, 5.74) is 0.851. The number of nitrogens with zero attached hydrogens (tertiary/aromatic N) is 1. The highest BCUT2D eigenvalue weighted by atomic mass is 16.5. The monoisotopic (exact) mass is 307 g/mol. The zero-order chi connectivity index (χ0) is 15.9. The highest BCUT2D eigenvalue weighted by Gasteiger charge is 2.18. The average molecular weight is 307 g/mol. The summed E-state index contributed by atoms with van der Waals surface area (Å²) >= 11 is 0. The minimum absolute atomic E-state index is 0.591. The molecule has 0 amide bonds. The minimum Gasteiger partial charge on any atom is -0.493 e. The van der Waals surface area contributed by atoms with Crippen LogP contribution in [0.1, 0.15) is 18.4 Å². The summed E-state index contributed by atoms with van der Waals surface area (Å²) in [5.74, 6) is 1.98. The molecule has 123 valence electrons. The lowest BCUT2D eigenvalue weighted by atomic mass is 10.1. The number of piperazine rings is 1. The van der Waals surface area contributed by atoms with Gasteiger partial charge in [0.25, 0.3) is 0 Å². The van der Waals surface area contributed by atoms with E-state index in [1.54, 1.807) is 14.2 Å². The number of methoxy groups -OCH3 is 2. The number of hydrogen-bond donors (Lipinski definition) is 1. The molecule has 1 aliphatic rings. The maximum absolute atomic E-state index is 5.89. The summed E-state index contributed by atoms with van der Waals surface area (Å²) in [6.45, 7) is 7.86. The Morgan fingerprint density at radius 2 is 2.05 bits per heavy atom. The third-order valence-corrected chi connectivity index (χ3v) is 4.09. The first-order valence-corrected chi connectivity index (χ1v) is 7.77. The van der Waals surface area contributed by atoms with Crippen LogP contribution in [-0.2, 0) is 0 Å². The highest BCUT2D eigenvalue weighted by molar-refractivity contribution is 5.54. The van der Waals surface area contributed by atoms with Crippen LogP contribution in [0.2, 0.25) is 0 Å². The standard InChI is InChI=1S/C17H27N2O3/c1-13-10-15(20-3)17(21-4)16(11-13)22-9-5-6-14-12-18-7-8-19(14)2/h10-11,14,18H,1,5-9,12H2,2-4H3. The Morgan fingerprint density at radius 3 is 2.73 bits per heavy atom. The molecule has 0 bridgehead atoms. The largest absolute Gasteiger partial charge is 0.493 e. The average Bonchev–Trinajstić information content (AvgIpc) is 2.52. The molecule has 5 heteroatoms. The molecule has 1 aromatic carbocycles. The van der Waals surface area contributed by atoms with E-state index in [1.165, 1.54) is 0 Å². The second kappa shape index (κ2) is 8.25.